The fourth-order valence-corrected chi connectivity index (χ4v) is 1.63. The first-order chi connectivity index (χ1) is 6.60. The van der Waals surface area contributed by atoms with E-state index < -0.39 is 0 Å². The van der Waals surface area contributed by atoms with E-state index in [1.165, 1.54) is 32.1 Å². The minimum absolute atomic E-state index is 0.820. The van der Waals surface area contributed by atoms with Crippen molar-refractivity contribution in [2.75, 3.05) is 0 Å². The predicted molar refractivity (Wildman–Crippen MR) is 66.2 cm³/mol. The lowest BCUT2D eigenvalue weighted by Gasteiger charge is -2.16. The highest BCUT2D eigenvalue weighted by Crippen LogP contribution is 2.21. The quantitative estimate of drug-likeness (QED) is 0.508. The lowest BCUT2D eigenvalue weighted by atomic mass is 9.90. The van der Waals surface area contributed by atoms with E-state index in [9.17, 15) is 0 Å². The van der Waals surface area contributed by atoms with Crippen molar-refractivity contribution in [2.24, 2.45) is 17.8 Å². The summed E-state index contributed by atoms with van der Waals surface area (Å²) in [4.78, 5) is 0. The number of hydrogen-bond acceptors (Lipinski definition) is 0. The molecule has 0 aromatic carbocycles. The van der Waals surface area contributed by atoms with Crippen molar-refractivity contribution in [2.45, 2.75) is 66.2 Å². The van der Waals surface area contributed by atoms with E-state index >= 15 is 0 Å². The van der Waals surface area contributed by atoms with Crippen LogP contribution in [-0.4, -0.2) is 0 Å². The molecular formula is C14H29. The van der Waals surface area contributed by atoms with Crippen molar-refractivity contribution in [3.8, 4) is 0 Å². The van der Waals surface area contributed by atoms with Gasteiger partial charge in [-0.3, -0.25) is 0 Å². The zero-order chi connectivity index (χ0) is 11.0. The Kier molecular flexibility index (Phi) is 8.32. The van der Waals surface area contributed by atoms with Gasteiger partial charge >= 0.3 is 0 Å². The van der Waals surface area contributed by atoms with Gasteiger partial charge in [-0.2, -0.15) is 0 Å². The first kappa shape index (κ1) is 14.0. The molecule has 1 radical (unpaired) electrons. The van der Waals surface area contributed by atoms with Crippen LogP contribution in [0.4, 0.5) is 0 Å². The Labute approximate surface area is 91.5 Å². The second-order valence-electron chi connectivity index (χ2n) is 5.17. The fraction of sp³-hybridized carbons (Fsp3) is 0.929. The van der Waals surface area contributed by atoms with Crippen molar-refractivity contribution < 1.29 is 0 Å². The smallest absolute Gasteiger partial charge is 0.0443 e. The van der Waals surface area contributed by atoms with Crippen molar-refractivity contribution in [1.82, 2.24) is 0 Å². The Hall–Kier alpha value is 0. The van der Waals surface area contributed by atoms with Gasteiger partial charge in [-0.25, -0.2) is 0 Å². The second-order valence-corrected chi connectivity index (χ2v) is 5.17. The van der Waals surface area contributed by atoms with Crippen molar-refractivity contribution in [1.29, 1.82) is 0 Å². The summed E-state index contributed by atoms with van der Waals surface area (Å²) in [5.41, 5.74) is 0. The van der Waals surface area contributed by atoms with Gasteiger partial charge in [0.05, 0.1) is 0 Å². The minimum atomic E-state index is 0.820. The van der Waals surface area contributed by atoms with Crippen LogP contribution in [0.3, 0.4) is 0 Å². The maximum atomic E-state index is 3.95. The highest BCUT2D eigenvalue weighted by molar-refractivity contribution is 4.61. The van der Waals surface area contributed by atoms with Crippen LogP contribution >= 0.6 is 0 Å². The zero-order valence-electron chi connectivity index (χ0n) is 10.7. The van der Waals surface area contributed by atoms with E-state index in [1.807, 2.05) is 0 Å². The molecule has 0 amide bonds. The van der Waals surface area contributed by atoms with Gasteiger partial charge in [-0.15, -0.1) is 0 Å². The van der Waals surface area contributed by atoms with E-state index in [-0.39, 0.29) is 0 Å². The summed E-state index contributed by atoms with van der Waals surface area (Å²) in [6, 6.07) is 0. The summed E-state index contributed by atoms with van der Waals surface area (Å²) in [6.07, 6.45) is 8.02. The van der Waals surface area contributed by atoms with E-state index in [0.717, 1.165) is 24.2 Å². The van der Waals surface area contributed by atoms with Gasteiger partial charge in [0.25, 0.3) is 0 Å². The molecule has 3 unspecified atom stereocenters. The molecule has 3 atom stereocenters. The molecule has 0 aromatic rings. The van der Waals surface area contributed by atoms with Gasteiger partial charge in [0, 0.05) is 0 Å². The molecule has 85 valence electrons. The van der Waals surface area contributed by atoms with Crippen LogP contribution in [0.25, 0.3) is 0 Å². The normalized spacial score (nSPS) is 17.8. The van der Waals surface area contributed by atoms with Gasteiger partial charge < -0.3 is 0 Å². The molecule has 0 aromatic heterocycles. The number of rotatable bonds is 8. The predicted octanol–water partition coefficient (Wildman–Crippen LogP) is 5.09. The molecule has 0 spiro atoms. The Morgan fingerprint density at radius 3 is 1.64 bits per heavy atom. The maximum absolute atomic E-state index is 3.95. The summed E-state index contributed by atoms with van der Waals surface area (Å²) in [5.74, 6) is 2.65. The lowest BCUT2D eigenvalue weighted by Crippen LogP contribution is -2.02. The van der Waals surface area contributed by atoms with Crippen LogP contribution in [0, 0.1) is 24.7 Å². The summed E-state index contributed by atoms with van der Waals surface area (Å²) < 4.78 is 0. The average molecular weight is 197 g/mol. The lowest BCUT2D eigenvalue weighted by molar-refractivity contribution is 0.372. The second kappa shape index (κ2) is 8.32. The molecule has 0 heteroatoms. The molecule has 0 saturated carbocycles. The van der Waals surface area contributed by atoms with Crippen LogP contribution in [-0.2, 0) is 0 Å². The van der Waals surface area contributed by atoms with Crippen LogP contribution in [0.2, 0.25) is 0 Å². The summed E-state index contributed by atoms with van der Waals surface area (Å²) in [7, 11) is 0. The van der Waals surface area contributed by atoms with Crippen LogP contribution in [0.5, 0.6) is 0 Å². The SMILES string of the molecule is [CH2]CC(C)CCC(C)CCC(C)CC. The van der Waals surface area contributed by atoms with Gasteiger partial charge in [0.2, 0.25) is 0 Å². The van der Waals surface area contributed by atoms with Crippen LogP contribution in [0.15, 0.2) is 0 Å². The third kappa shape index (κ3) is 7.41. The fourth-order valence-electron chi connectivity index (χ4n) is 1.63. The molecule has 0 saturated heterocycles. The minimum Gasteiger partial charge on any atom is -0.0651 e. The standard InChI is InChI=1S/C14H29/c1-6-12(3)8-10-14(5)11-9-13(4)7-2/h12-14H,1,6-11H2,2-5H3. The number of hydrogen-bond donors (Lipinski definition) is 0. The monoisotopic (exact) mass is 197 g/mol. The van der Waals surface area contributed by atoms with Gasteiger partial charge in [0.1, 0.15) is 0 Å². The third-order valence-corrected chi connectivity index (χ3v) is 3.49. The summed E-state index contributed by atoms with van der Waals surface area (Å²) in [6.45, 7) is 13.3. The molecule has 0 fully saturated rings. The zero-order valence-corrected chi connectivity index (χ0v) is 10.7. The van der Waals surface area contributed by atoms with Crippen molar-refractivity contribution in [3.63, 3.8) is 0 Å². The summed E-state index contributed by atoms with van der Waals surface area (Å²) in [5, 5.41) is 0. The molecule has 0 aliphatic carbocycles. The van der Waals surface area contributed by atoms with Crippen LogP contribution < -0.4 is 0 Å². The van der Waals surface area contributed by atoms with Gasteiger partial charge in [0.15, 0.2) is 0 Å². The third-order valence-electron chi connectivity index (χ3n) is 3.49. The first-order valence-electron chi connectivity index (χ1n) is 6.39. The van der Waals surface area contributed by atoms with Crippen molar-refractivity contribution >= 4 is 0 Å². The topological polar surface area (TPSA) is 0 Å². The highest BCUT2D eigenvalue weighted by atomic mass is 14.1. The highest BCUT2D eigenvalue weighted by Gasteiger charge is 2.07. The molecule has 0 nitrogen and oxygen atoms in total. The molecule has 0 N–H and O–H groups in total. The van der Waals surface area contributed by atoms with E-state index in [0.29, 0.717) is 0 Å². The molecule has 0 aliphatic rings. The Morgan fingerprint density at radius 2 is 1.21 bits per heavy atom. The maximum Gasteiger partial charge on any atom is -0.0443 e. The van der Waals surface area contributed by atoms with Gasteiger partial charge in [-0.1, -0.05) is 73.1 Å². The molecule has 0 rings (SSSR count). The molecular weight excluding hydrogens is 168 g/mol. The largest absolute Gasteiger partial charge is 0.0651 e. The van der Waals surface area contributed by atoms with Crippen molar-refractivity contribution in [3.05, 3.63) is 6.92 Å². The van der Waals surface area contributed by atoms with E-state index in [1.54, 1.807) is 0 Å². The molecule has 0 aliphatic heterocycles. The Morgan fingerprint density at radius 1 is 0.786 bits per heavy atom. The molecule has 0 heterocycles. The van der Waals surface area contributed by atoms with E-state index in [2.05, 4.69) is 34.6 Å². The molecule has 14 heavy (non-hydrogen) atoms. The summed E-state index contributed by atoms with van der Waals surface area (Å²) >= 11 is 0. The molecule has 0 bridgehead atoms. The Balaban J connectivity index is 3.40. The Bertz CT molecular complexity index is 103. The van der Waals surface area contributed by atoms with Gasteiger partial charge in [-0.05, 0) is 17.8 Å². The van der Waals surface area contributed by atoms with Crippen LogP contribution in [0.1, 0.15) is 66.2 Å². The first-order valence-corrected chi connectivity index (χ1v) is 6.39. The van der Waals surface area contributed by atoms with E-state index in [4.69, 9.17) is 0 Å². The average Bonchev–Trinajstić information content (AvgIpc) is 2.22.